The van der Waals surface area contributed by atoms with E-state index in [1.165, 1.54) is 12.7 Å². The molecule has 0 aliphatic rings. The van der Waals surface area contributed by atoms with Gasteiger partial charge in [0.1, 0.15) is 0 Å². The van der Waals surface area contributed by atoms with Crippen LogP contribution in [-0.2, 0) is 14.3 Å². The van der Waals surface area contributed by atoms with Crippen molar-refractivity contribution in [2.75, 3.05) is 7.11 Å². The Bertz CT molecular complexity index is 533. The summed E-state index contributed by atoms with van der Waals surface area (Å²) in [5.74, 6) is 0.405. The van der Waals surface area contributed by atoms with Gasteiger partial charge in [-0.3, -0.25) is 4.18 Å². The Balaban J connectivity index is 3.62. The molecule has 0 spiro atoms. The number of rotatable bonds is 3. The van der Waals surface area contributed by atoms with Gasteiger partial charge in [-0.2, -0.15) is 8.42 Å². The highest BCUT2D eigenvalue weighted by Crippen LogP contribution is 2.25. The van der Waals surface area contributed by atoms with Crippen LogP contribution < -0.4 is 5.19 Å². The van der Waals surface area contributed by atoms with Crippen LogP contribution in [-0.4, -0.2) is 25.8 Å². The molecule has 1 aromatic carbocycles. The van der Waals surface area contributed by atoms with Gasteiger partial charge in [0.15, 0.2) is 0 Å². The quantitative estimate of drug-likeness (QED) is 0.602. The van der Waals surface area contributed by atoms with Crippen LogP contribution in [0.25, 0.3) is 0 Å². The zero-order chi connectivity index (χ0) is 13.4. The van der Waals surface area contributed by atoms with E-state index >= 15 is 0 Å². The standard InChI is InChI=1S/C12H20O3SSi/c1-7(2)11-8(3)6-10(12(17)9(11)4)16(13,14)15-5/h6-7H,1-5,17H3. The van der Waals surface area contributed by atoms with Gasteiger partial charge in [0, 0.05) is 10.2 Å². The first kappa shape index (κ1) is 14.4. The maximum absolute atomic E-state index is 11.8. The summed E-state index contributed by atoms with van der Waals surface area (Å²) >= 11 is 0. The molecule has 0 saturated heterocycles. The Morgan fingerprint density at radius 1 is 1.29 bits per heavy atom. The normalized spacial score (nSPS) is 12.4. The Morgan fingerprint density at radius 2 is 1.82 bits per heavy atom. The maximum atomic E-state index is 11.8. The van der Waals surface area contributed by atoms with Crippen LogP contribution >= 0.6 is 0 Å². The predicted octanol–water partition coefficient (Wildman–Crippen LogP) is 0.753. The molecule has 0 amide bonds. The molecule has 0 atom stereocenters. The molecule has 0 bridgehead atoms. The number of aryl methyl sites for hydroxylation is 1. The van der Waals surface area contributed by atoms with E-state index in [1.807, 2.05) is 13.8 Å². The van der Waals surface area contributed by atoms with Gasteiger partial charge in [0.05, 0.1) is 12.0 Å². The first-order valence-electron chi connectivity index (χ1n) is 5.63. The van der Waals surface area contributed by atoms with Crippen LogP contribution in [0.2, 0.25) is 0 Å². The smallest absolute Gasteiger partial charge is 0.270 e. The lowest BCUT2D eigenvalue weighted by atomic mass is 9.93. The summed E-state index contributed by atoms with van der Waals surface area (Å²) in [6.07, 6.45) is 0. The fraction of sp³-hybridized carbons (Fsp3) is 0.500. The summed E-state index contributed by atoms with van der Waals surface area (Å²) in [6, 6.07) is 1.74. The number of hydrogen-bond donors (Lipinski definition) is 0. The van der Waals surface area contributed by atoms with Crippen LogP contribution in [0.4, 0.5) is 0 Å². The van der Waals surface area contributed by atoms with Gasteiger partial charge in [-0.15, -0.1) is 0 Å². The molecule has 0 aliphatic heterocycles. The second-order valence-electron chi connectivity index (χ2n) is 4.63. The summed E-state index contributed by atoms with van der Waals surface area (Å²) < 4.78 is 28.2. The van der Waals surface area contributed by atoms with Crippen molar-refractivity contribution in [1.29, 1.82) is 0 Å². The third kappa shape index (κ3) is 2.61. The van der Waals surface area contributed by atoms with E-state index in [4.69, 9.17) is 0 Å². The van der Waals surface area contributed by atoms with Gasteiger partial charge in [-0.1, -0.05) is 13.8 Å². The van der Waals surface area contributed by atoms with Crippen LogP contribution in [0.3, 0.4) is 0 Å². The van der Waals surface area contributed by atoms with Gasteiger partial charge >= 0.3 is 0 Å². The van der Waals surface area contributed by atoms with E-state index in [1.54, 1.807) is 6.07 Å². The average Bonchev–Trinajstić information content (AvgIpc) is 2.22. The Hall–Kier alpha value is -0.653. The molecule has 0 fully saturated rings. The largest absolute Gasteiger partial charge is 0.296 e. The van der Waals surface area contributed by atoms with Crippen molar-refractivity contribution in [3.8, 4) is 0 Å². The molecule has 3 nitrogen and oxygen atoms in total. The number of hydrogen-bond acceptors (Lipinski definition) is 3. The van der Waals surface area contributed by atoms with Gasteiger partial charge in [-0.25, -0.2) is 0 Å². The van der Waals surface area contributed by atoms with Crippen molar-refractivity contribution in [1.82, 2.24) is 0 Å². The maximum Gasteiger partial charge on any atom is 0.296 e. The minimum absolute atomic E-state index is 0.339. The van der Waals surface area contributed by atoms with Crippen molar-refractivity contribution in [2.24, 2.45) is 0 Å². The van der Waals surface area contributed by atoms with Crippen LogP contribution in [0.1, 0.15) is 36.5 Å². The van der Waals surface area contributed by atoms with E-state index in [9.17, 15) is 8.42 Å². The molecule has 96 valence electrons. The van der Waals surface area contributed by atoms with E-state index in [-0.39, 0.29) is 0 Å². The lowest BCUT2D eigenvalue weighted by Crippen LogP contribution is -2.22. The molecule has 1 rings (SSSR count). The first-order valence-corrected chi connectivity index (χ1v) is 8.04. The highest BCUT2D eigenvalue weighted by atomic mass is 32.2. The molecule has 0 aliphatic carbocycles. The molecule has 0 saturated carbocycles. The fourth-order valence-corrected chi connectivity index (χ4v) is 4.50. The molecule has 0 unspecified atom stereocenters. The number of benzene rings is 1. The minimum Gasteiger partial charge on any atom is -0.270 e. The van der Waals surface area contributed by atoms with Crippen LogP contribution in [0, 0.1) is 13.8 Å². The molecular formula is C12H20O3SSi. The molecule has 0 radical (unpaired) electrons. The Morgan fingerprint density at radius 3 is 2.24 bits per heavy atom. The summed E-state index contributed by atoms with van der Waals surface area (Å²) in [4.78, 5) is 0.339. The summed E-state index contributed by atoms with van der Waals surface area (Å²) in [6.45, 7) is 8.21. The zero-order valence-corrected chi connectivity index (χ0v) is 14.1. The van der Waals surface area contributed by atoms with E-state index < -0.39 is 10.1 Å². The van der Waals surface area contributed by atoms with Crippen LogP contribution in [0.15, 0.2) is 11.0 Å². The first-order chi connectivity index (χ1) is 7.72. The molecule has 0 aromatic heterocycles. The average molecular weight is 272 g/mol. The third-order valence-electron chi connectivity index (χ3n) is 3.17. The molecule has 17 heavy (non-hydrogen) atoms. The molecule has 0 heterocycles. The van der Waals surface area contributed by atoms with Crippen molar-refractivity contribution >= 4 is 25.5 Å². The molecule has 0 N–H and O–H groups in total. The lowest BCUT2D eigenvalue weighted by molar-refractivity contribution is 0.398. The van der Waals surface area contributed by atoms with E-state index in [2.05, 4.69) is 18.0 Å². The van der Waals surface area contributed by atoms with E-state index in [0.29, 0.717) is 21.1 Å². The van der Waals surface area contributed by atoms with Gasteiger partial charge < -0.3 is 0 Å². The van der Waals surface area contributed by atoms with Gasteiger partial charge in [0.25, 0.3) is 10.1 Å². The third-order valence-corrected chi connectivity index (χ3v) is 6.23. The predicted molar refractivity (Wildman–Crippen MR) is 73.8 cm³/mol. The highest BCUT2D eigenvalue weighted by Gasteiger charge is 2.21. The Labute approximate surface area is 107 Å². The highest BCUT2D eigenvalue weighted by molar-refractivity contribution is 7.87. The Kier molecular flexibility index (Phi) is 4.17. The molecule has 5 heteroatoms. The summed E-state index contributed by atoms with van der Waals surface area (Å²) in [5.41, 5.74) is 3.38. The van der Waals surface area contributed by atoms with Crippen molar-refractivity contribution in [3.63, 3.8) is 0 Å². The second kappa shape index (κ2) is 4.92. The molecular weight excluding hydrogens is 252 g/mol. The summed E-state index contributed by atoms with van der Waals surface area (Å²) in [7, 11) is -1.68. The molecule has 1 aromatic rings. The van der Waals surface area contributed by atoms with E-state index in [0.717, 1.165) is 16.3 Å². The minimum atomic E-state index is -3.58. The zero-order valence-electron chi connectivity index (χ0n) is 11.3. The van der Waals surface area contributed by atoms with Gasteiger partial charge in [0.2, 0.25) is 0 Å². The monoisotopic (exact) mass is 272 g/mol. The SMILES string of the molecule is COS(=O)(=O)c1cc(C)c(C(C)C)c(C)c1[SiH3]. The van der Waals surface area contributed by atoms with Crippen molar-refractivity contribution < 1.29 is 12.6 Å². The fourth-order valence-electron chi connectivity index (χ4n) is 2.30. The lowest BCUT2D eigenvalue weighted by Gasteiger charge is -2.18. The second-order valence-corrected chi connectivity index (χ2v) is 7.31. The summed E-state index contributed by atoms with van der Waals surface area (Å²) in [5, 5.41) is 0.918. The van der Waals surface area contributed by atoms with Crippen molar-refractivity contribution in [2.45, 2.75) is 38.5 Å². The topological polar surface area (TPSA) is 43.4 Å². The van der Waals surface area contributed by atoms with Crippen molar-refractivity contribution in [3.05, 3.63) is 22.8 Å². The van der Waals surface area contributed by atoms with Gasteiger partial charge in [-0.05, 0) is 47.7 Å². The van der Waals surface area contributed by atoms with Crippen LogP contribution in [0.5, 0.6) is 0 Å².